The van der Waals surface area contributed by atoms with Crippen LogP contribution in [0.25, 0.3) is 11.1 Å². The highest BCUT2D eigenvalue weighted by molar-refractivity contribution is 6.09. The van der Waals surface area contributed by atoms with Gasteiger partial charge in [0.25, 0.3) is 5.91 Å². The first kappa shape index (κ1) is 18.3. The second-order valence-corrected chi connectivity index (χ2v) is 7.37. The van der Waals surface area contributed by atoms with Crippen molar-refractivity contribution in [1.82, 2.24) is 14.8 Å². The summed E-state index contributed by atoms with van der Waals surface area (Å²) in [6.45, 7) is 4.32. The maximum Gasteiger partial charge on any atom is 0.321 e. The maximum absolute atomic E-state index is 12.8. The Bertz CT molecular complexity index is 949. The minimum atomic E-state index is -0.782. The van der Waals surface area contributed by atoms with E-state index < -0.39 is 5.91 Å². The molecular formula is C19H23N5O4. The van der Waals surface area contributed by atoms with Gasteiger partial charge in [0, 0.05) is 31.9 Å². The van der Waals surface area contributed by atoms with E-state index in [1.807, 2.05) is 4.90 Å². The quantitative estimate of drug-likeness (QED) is 0.833. The topological polar surface area (TPSA) is 122 Å². The van der Waals surface area contributed by atoms with Gasteiger partial charge in [-0.3, -0.25) is 9.59 Å². The predicted octanol–water partition coefficient (Wildman–Crippen LogP) is 1.71. The van der Waals surface area contributed by atoms with Crippen molar-refractivity contribution in [3.05, 3.63) is 23.6 Å². The van der Waals surface area contributed by atoms with Crippen molar-refractivity contribution in [2.75, 3.05) is 31.5 Å². The molecule has 2 fully saturated rings. The highest BCUT2D eigenvalue weighted by Gasteiger charge is 2.33. The average molecular weight is 385 g/mol. The summed E-state index contributed by atoms with van der Waals surface area (Å²) in [5.41, 5.74) is 6.60. The van der Waals surface area contributed by atoms with Crippen LogP contribution in [0.1, 0.15) is 35.5 Å². The fourth-order valence-corrected chi connectivity index (χ4v) is 3.71. The van der Waals surface area contributed by atoms with Crippen molar-refractivity contribution in [3.63, 3.8) is 0 Å². The van der Waals surface area contributed by atoms with E-state index in [2.05, 4.69) is 10.3 Å². The van der Waals surface area contributed by atoms with Gasteiger partial charge in [-0.25, -0.2) is 9.78 Å². The number of primary amides is 1. The molecular weight excluding hydrogens is 362 g/mol. The standard InChI is InChI=1S/C19H23N5O4/c1-11-5-6-13-14(15(16(20)25)28-17(13)21-11)22-19(27)24-7-2-4-12(10-24)18(26)23-8-3-9-23/h5-6,12H,2-4,7-10H2,1H3,(H2,20,25)(H,22,27)/t12-/m1/s1. The molecule has 1 atom stereocenters. The Balaban J connectivity index is 1.53. The van der Waals surface area contributed by atoms with Gasteiger partial charge in [0.1, 0.15) is 5.69 Å². The van der Waals surface area contributed by atoms with Gasteiger partial charge in [-0.15, -0.1) is 0 Å². The molecule has 4 rings (SSSR count). The zero-order valence-corrected chi connectivity index (χ0v) is 15.7. The third kappa shape index (κ3) is 3.28. The molecule has 0 aliphatic carbocycles. The molecule has 2 aromatic rings. The van der Waals surface area contributed by atoms with Crippen molar-refractivity contribution < 1.29 is 18.8 Å². The second kappa shape index (κ2) is 7.14. The first-order valence-electron chi connectivity index (χ1n) is 9.48. The number of aryl methyl sites for hydroxylation is 1. The van der Waals surface area contributed by atoms with Crippen molar-refractivity contribution >= 4 is 34.6 Å². The number of carbonyl (C=O) groups is 3. The number of aromatic nitrogens is 1. The van der Waals surface area contributed by atoms with Crippen LogP contribution in [0.4, 0.5) is 10.5 Å². The molecule has 0 bridgehead atoms. The first-order chi connectivity index (χ1) is 13.4. The predicted molar refractivity (Wildman–Crippen MR) is 102 cm³/mol. The molecule has 3 N–H and O–H groups in total. The summed E-state index contributed by atoms with van der Waals surface area (Å²) in [5, 5.41) is 3.26. The number of hydrogen-bond acceptors (Lipinski definition) is 5. The monoisotopic (exact) mass is 385 g/mol. The molecule has 4 heterocycles. The number of rotatable bonds is 3. The van der Waals surface area contributed by atoms with E-state index in [-0.39, 0.29) is 35.0 Å². The van der Waals surface area contributed by atoms with Crippen LogP contribution in [-0.2, 0) is 4.79 Å². The van der Waals surface area contributed by atoms with Crippen molar-refractivity contribution in [3.8, 4) is 0 Å². The molecule has 148 valence electrons. The lowest BCUT2D eigenvalue weighted by atomic mass is 9.95. The number of nitrogens with one attached hydrogen (secondary N) is 1. The maximum atomic E-state index is 12.8. The number of urea groups is 1. The van der Waals surface area contributed by atoms with E-state index in [0.29, 0.717) is 18.5 Å². The molecule has 2 aromatic heterocycles. The van der Waals surface area contributed by atoms with Crippen LogP contribution in [0.2, 0.25) is 0 Å². The van der Waals surface area contributed by atoms with Gasteiger partial charge in [0.2, 0.25) is 17.4 Å². The minimum absolute atomic E-state index is 0.120. The smallest absolute Gasteiger partial charge is 0.321 e. The van der Waals surface area contributed by atoms with Gasteiger partial charge < -0.3 is 25.3 Å². The molecule has 9 heteroatoms. The lowest BCUT2D eigenvalue weighted by Gasteiger charge is -2.38. The number of piperidine rings is 1. The van der Waals surface area contributed by atoms with E-state index in [1.165, 1.54) is 0 Å². The number of carbonyl (C=O) groups excluding carboxylic acids is 3. The Kier molecular flexibility index (Phi) is 4.66. The Morgan fingerprint density at radius 3 is 2.61 bits per heavy atom. The van der Waals surface area contributed by atoms with E-state index in [1.54, 1.807) is 24.0 Å². The Morgan fingerprint density at radius 2 is 1.93 bits per heavy atom. The highest BCUT2D eigenvalue weighted by Crippen LogP contribution is 2.30. The summed E-state index contributed by atoms with van der Waals surface area (Å²) >= 11 is 0. The molecule has 28 heavy (non-hydrogen) atoms. The van der Waals surface area contributed by atoms with E-state index in [4.69, 9.17) is 10.2 Å². The molecule has 2 aliphatic rings. The number of hydrogen-bond donors (Lipinski definition) is 2. The van der Waals surface area contributed by atoms with Gasteiger partial charge in [0.05, 0.1) is 11.3 Å². The third-order valence-electron chi connectivity index (χ3n) is 5.38. The summed E-state index contributed by atoms with van der Waals surface area (Å²) in [6.07, 6.45) is 2.58. The van der Waals surface area contributed by atoms with Gasteiger partial charge in [-0.2, -0.15) is 0 Å². The number of nitrogens with zero attached hydrogens (tertiary/aromatic N) is 3. The lowest BCUT2D eigenvalue weighted by molar-refractivity contribution is -0.140. The molecule has 4 amide bonds. The van der Waals surface area contributed by atoms with E-state index >= 15 is 0 Å². The van der Waals surface area contributed by atoms with E-state index in [9.17, 15) is 14.4 Å². The van der Waals surface area contributed by atoms with Gasteiger partial charge in [0.15, 0.2) is 0 Å². The summed E-state index contributed by atoms with van der Waals surface area (Å²) < 4.78 is 5.46. The van der Waals surface area contributed by atoms with E-state index in [0.717, 1.165) is 38.0 Å². The molecule has 0 saturated carbocycles. The fourth-order valence-electron chi connectivity index (χ4n) is 3.71. The van der Waals surface area contributed by atoms with Crippen LogP contribution < -0.4 is 11.1 Å². The van der Waals surface area contributed by atoms with Crippen molar-refractivity contribution in [1.29, 1.82) is 0 Å². The van der Waals surface area contributed by atoms with Gasteiger partial charge in [-0.1, -0.05) is 0 Å². The SMILES string of the molecule is Cc1ccc2c(NC(=O)N3CCC[C@@H](C(=O)N4CCC4)C3)c(C(N)=O)oc2n1. The van der Waals surface area contributed by atoms with Crippen LogP contribution in [0.3, 0.4) is 0 Å². The number of likely N-dealkylation sites (tertiary alicyclic amines) is 2. The molecule has 2 saturated heterocycles. The second-order valence-electron chi connectivity index (χ2n) is 7.37. The molecule has 9 nitrogen and oxygen atoms in total. The number of pyridine rings is 1. The average Bonchev–Trinajstić information content (AvgIpc) is 2.98. The molecule has 2 aliphatic heterocycles. The summed E-state index contributed by atoms with van der Waals surface area (Å²) in [6, 6.07) is 3.11. The summed E-state index contributed by atoms with van der Waals surface area (Å²) in [4.78, 5) is 44.8. The number of amides is 4. The van der Waals surface area contributed by atoms with Gasteiger partial charge >= 0.3 is 6.03 Å². The molecule has 0 aromatic carbocycles. The number of nitrogens with two attached hydrogens (primary N) is 1. The fraction of sp³-hybridized carbons (Fsp3) is 0.474. The van der Waals surface area contributed by atoms with Crippen LogP contribution in [0.5, 0.6) is 0 Å². The summed E-state index contributed by atoms with van der Waals surface area (Å²) in [7, 11) is 0. The van der Waals surface area contributed by atoms with Crippen LogP contribution >= 0.6 is 0 Å². The summed E-state index contributed by atoms with van der Waals surface area (Å²) in [5.74, 6) is -0.974. The first-order valence-corrected chi connectivity index (χ1v) is 9.48. The van der Waals surface area contributed by atoms with Crippen LogP contribution in [0, 0.1) is 12.8 Å². The molecule has 0 radical (unpaired) electrons. The number of fused-ring (bicyclic) bond motifs is 1. The largest absolute Gasteiger partial charge is 0.430 e. The Hall–Kier alpha value is -3.10. The van der Waals surface area contributed by atoms with Crippen molar-refractivity contribution in [2.24, 2.45) is 11.7 Å². The van der Waals surface area contributed by atoms with Crippen LogP contribution in [0.15, 0.2) is 16.5 Å². The van der Waals surface area contributed by atoms with Crippen molar-refractivity contribution in [2.45, 2.75) is 26.2 Å². The highest BCUT2D eigenvalue weighted by atomic mass is 16.4. The van der Waals surface area contributed by atoms with Gasteiger partial charge in [-0.05, 0) is 38.3 Å². The number of furan rings is 1. The zero-order chi connectivity index (χ0) is 19.8. The zero-order valence-electron chi connectivity index (χ0n) is 15.7. The molecule has 0 unspecified atom stereocenters. The lowest BCUT2D eigenvalue weighted by Crippen LogP contribution is -2.51. The van der Waals surface area contributed by atoms with Crippen LogP contribution in [-0.4, -0.2) is 58.8 Å². The Morgan fingerprint density at radius 1 is 1.18 bits per heavy atom. The number of anilines is 1. The Labute approximate surface area is 161 Å². The third-order valence-corrected chi connectivity index (χ3v) is 5.38. The normalized spacial score (nSPS) is 19.4. The molecule has 0 spiro atoms. The minimum Gasteiger partial charge on any atom is -0.430 e.